The van der Waals surface area contributed by atoms with Crippen LogP contribution in [0.2, 0.25) is 0 Å². The summed E-state index contributed by atoms with van der Waals surface area (Å²) >= 11 is 0. The van der Waals surface area contributed by atoms with Gasteiger partial charge in [0.2, 0.25) is 0 Å². The molecule has 0 bridgehead atoms. The fourth-order valence-electron chi connectivity index (χ4n) is 1.92. The summed E-state index contributed by atoms with van der Waals surface area (Å²) in [5.41, 5.74) is 1.10. The number of hydrogen-bond donors (Lipinski definition) is 2. The lowest BCUT2D eigenvalue weighted by molar-refractivity contribution is 0.128. The van der Waals surface area contributed by atoms with Crippen LogP contribution in [0.25, 0.3) is 0 Å². The van der Waals surface area contributed by atoms with Crippen molar-refractivity contribution < 1.29 is 14.6 Å². The summed E-state index contributed by atoms with van der Waals surface area (Å²) in [5.74, 6) is 0.687. The van der Waals surface area contributed by atoms with Crippen LogP contribution in [0.5, 0.6) is 11.5 Å². The van der Waals surface area contributed by atoms with Gasteiger partial charge < -0.3 is 19.9 Å². The number of phenols is 1. The molecule has 1 atom stereocenters. The molecule has 0 heterocycles. The van der Waals surface area contributed by atoms with Crippen molar-refractivity contribution in [1.82, 2.24) is 5.32 Å². The summed E-state index contributed by atoms with van der Waals surface area (Å²) in [5, 5.41) is 13.0. The SMILES string of the molecule is CCCCOCCCNC(C)c1ccc(O)c(OC)c1. The number of ether oxygens (including phenoxy) is 2. The molecule has 0 aliphatic heterocycles. The summed E-state index contributed by atoms with van der Waals surface area (Å²) in [7, 11) is 1.56. The Morgan fingerprint density at radius 1 is 1.25 bits per heavy atom. The first-order chi connectivity index (χ1) is 9.69. The van der Waals surface area contributed by atoms with E-state index in [0.717, 1.165) is 38.2 Å². The van der Waals surface area contributed by atoms with Crippen LogP contribution >= 0.6 is 0 Å². The third-order valence-electron chi connectivity index (χ3n) is 3.26. The average Bonchev–Trinajstić information content (AvgIpc) is 2.46. The van der Waals surface area contributed by atoms with E-state index in [0.29, 0.717) is 5.75 Å². The van der Waals surface area contributed by atoms with Crippen LogP contribution in [0.15, 0.2) is 18.2 Å². The van der Waals surface area contributed by atoms with E-state index in [1.807, 2.05) is 12.1 Å². The number of aromatic hydroxyl groups is 1. The van der Waals surface area contributed by atoms with Crippen LogP contribution in [0.4, 0.5) is 0 Å². The Morgan fingerprint density at radius 3 is 2.70 bits per heavy atom. The zero-order valence-corrected chi connectivity index (χ0v) is 12.8. The molecule has 4 heteroatoms. The predicted octanol–water partition coefficient (Wildman–Crippen LogP) is 3.26. The average molecular weight is 281 g/mol. The van der Waals surface area contributed by atoms with Gasteiger partial charge in [-0.1, -0.05) is 19.4 Å². The third kappa shape index (κ3) is 5.80. The molecule has 1 rings (SSSR count). The number of phenolic OH excluding ortho intramolecular Hbond substituents is 1. The van der Waals surface area contributed by atoms with Crippen LogP contribution in [0.1, 0.15) is 44.7 Å². The summed E-state index contributed by atoms with van der Waals surface area (Å²) < 4.78 is 10.6. The highest BCUT2D eigenvalue weighted by Gasteiger charge is 2.08. The van der Waals surface area contributed by atoms with E-state index in [1.165, 1.54) is 6.42 Å². The maximum absolute atomic E-state index is 9.57. The van der Waals surface area contributed by atoms with Crippen molar-refractivity contribution in [1.29, 1.82) is 0 Å². The normalized spacial score (nSPS) is 12.3. The molecular formula is C16H27NO3. The van der Waals surface area contributed by atoms with Crippen LogP contribution < -0.4 is 10.1 Å². The van der Waals surface area contributed by atoms with Crippen molar-refractivity contribution in [2.45, 2.75) is 39.2 Å². The van der Waals surface area contributed by atoms with Crippen molar-refractivity contribution in [3.8, 4) is 11.5 Å². The van der Waals surface area contributed by atoms with Crippen LogP contribution in [-0.2, 0) is 4.74 Å². The molecule has 0 fully saturated rings. The first-order valence-corrected chi connectivity index (χ1v) is 7.37. The van der Waals surface area contributed by atoms with Crippen molar-refractivity contribution in [2.24, 2.45) is 0 Å². The summed E-state index contributed by atoms with van der Waals surface area (Å²) in [6.45, 7) is 6.85. The number of hydrogen-bond acceptors (Lipinski definition) is 4. The second-order valence-electron chi connectivity index (χ2n) is 4.93. The van der Waals surface area contributed by atoms with Crippen LogP contribution in [0.3, 0.4) is 0 Å². The Balaban J connectivity index is 2.27. The topological polar surface area (TPSA) is 50.7 Å². The number of methoxy groups -OCH3 is 1. The second-order valence-corrected chi connectivity index (χ2v) is 4.93. The first-order valence-electron chi connectivity index (χ1n) is 7.37. The molecule has 0 saturated carbocycles. The molecule has 0 spiro atoms. The van der Waals surface area contributed by atoms with Crippen molar-refractivity contribution in [3.05, 3.63) is 23.8 Å². The predicted molar refractivity (Wildman–Crippen MR) is 81.4 cm³/mol. The highest BCUT2D eigenvalue weighted by Crippen LogP contribution is 2.28. The molecule has 20 heavy (non-hydrogen) atoms. The van der Waals surface area contributed by atoms with Gasteiger partial charge in [-0.3, -0.25) is 0 Å². The molecule has 4 nitrogen and oxygen atoms in total. The largest absolute Gasteiger partial charge is 0.504 e. The molecular weight excluding hydrogens is 254 g/mol. The summed E-state index contributed by atoms with van der Waals surface area (Å²) in [6, 6.07) is 5.67. The minimum Gasteiger partial charge on any atom is -0.504 e. The van der Waals surface area contributed by atoms with Gasteiger partial charge in [0, 0.05) is 19.3 Å². The Morgan fingerprint density at radius 2 is 2.00 bits per heavy atom. The lowest BCUT2D eigenvalue weighted by atomic mass is 10.1. The third-order valence-corrected chi connectivity index (χ3v) is 3.26. The Kier molecular flexibility index (Phi) is 8.07. The Hall–Kier alpha value is -1.26. The van der Waals surface area contributed by atoms with E-state index in [9.17, 15) is 5.11 Å². The fraction of sp³-hybridized carbons (Fsp3) is 0.625. The number of rotatable bonds is 10. The van der Waals surface area contributed by atoms with Gasteiger partial charge in [-0.15, -0.1) is 0 Å². The molecule has 2 N–H and O–H groups in total. The van der Waals surface area contributed by atoms with Gasteiger partial charge in [-0.05, 0) is 44.0 Å². The van der Waals surface area contributed by atoms with E-state index in [1.54, 1.807) is 13.2 Å². The van der Waals surface area contributed by atoms with Crippen molar-refractivity contribution in [2.75, 3.05) is 26.9 Å². The van der Waals surface area contributed by atoms with E-state index in [-0.39, 0.29) is 11.8 Å². The monoisotopic (exact) mass is 281 g/mol. The Labute approximate surface area is 122 Å². The van der Waals surface area contributed by atoms with Gasteiger partial charge in [0.25, 0.3) is 0 Å². The molecule has 114 valence electrons. The lowest BCUT2D eigenvalue weighted by Crippen LogP contribution is -2.21. The minimum atomic E-state index is 0.174. The van der Waals surface area contributed by atoms with E-state index < -0.39 is 0 Å². The zero-order valence-electron chi connectivity index (χ0n) is 12.8. The molecule has 1 aromatic rings. The highest BCUT2D eigenvalue weighted by molar-refractivity contribution is 5.42. The quantitative estimate of drug-likeness (QED) is 0.646. The minimum absolute atomic E-state index is 0.174. The number of unbranched alkanes of at least 4 members (excludes halogenated alkanes) is 1. The molecule has 1 aromatic carbocycles. The molecule has 0 aliphatic rings. The van der Waals surface area contributed by atoms with Gasteiger partial charge in [0.05, 0.1) is 7.11 Å². The van der Waals surface area contributed by atoms with Gasteiger partial charge >= 0.3 is 0 Å². The van der Waals surface area contributed by atoms with E-state index in [4.69, 9.17) is 9.47 Å². The number of nitrogens with one attached hydrogen (secondary N) is 1. The maximum atomic E-state index is 9.57. The lowest BCUT2D eigenvalue weighted by Gasteiger charge is -2.15. The molecule has 0 aliphatic carbocycles. The summed E-state index contributed by atoms with van der Waals surface area (Å²) in [6.07, 6.45) is 3.32. The number of benzene rings is 1. The van der Waals surface area contributed by atoms with Crippen LogP contribution in [0, 0.1) is 0 Å². The molecule has 0 amide bonds. The van der Waals surface area contributed by atoms with Gasteiger partial charge in [0.15, 0.2) is 11.5 Å². The molecule has 0 aromatic heterocycles. The standard InChI is InChI=1S/C16H27NO3/c1-4-5-10-20-11-6-9-17-13(2)14-7-8-15(18)16(12-14)19-3/h7-8,12-13,17-18H,4-6,9-11H2,1-3H3. The van der Waals surface area contributed by atoms with Crippen molar-refractivity contribution in [3.63, 3.8) is 0 Å². The van der Waals surface area contributed by atoms with Gasteiger partial charge in [-0.2, -0.15) is 0 Å². The summed E-state index contributed by atoms with van der Waals surface area (Å²) in [4.78, 5) is 0. The zero-order chi connectivity index (χ0) is 14.8. The molecule has 1 unspecified atom stereocenters. The van der Waals surface area contributed by atoms with Crippen molar-refractivity contribution >= 4 is 0 Å². The molecule has 0 saturated heterocycles. The maximum Gasteiger partial charge on any atom is 0.160 e. The van der Waals surface area contributed by atoms with E-state index in [2.05, 4.69) is 19.2 Å². The second kappa shape index (κ2) is 9.61. The van der Waals surface area contributed by atoms with E-state index >= 15 is 0 Å². The highest BCUT2D eigenvalue weighted by atomic mass is 16.5. The molecule has 0 radical (unpaired) electrons. The van der Waals surface area contributed by atoms with Gasteiger partial charge in [-0.25, -0.2) is 0 Å². The van der Waals surface area contributed by atoms with Crippen LogP contribution in [-0.4, -0.2) is 32.0 Å². The Bertz CT molecular complexity index is 382. The fourth-order valence-corrected chi connectivity index (χ4v) is 1.92. The first kappa shape index (κ1) is 16.8. The van der Waals surface area contributed by atoms with Gasteiger partial charge in [0.1, 0.15) is 0 Å². The smallest absolute Gasteiger partial charge is 0.160 e.